The molecule has 2 saturated carbocycles. The van der Waals surface area contributed by atoms with E-state index in [1.165, 1.54) is 12.8 Å². The molecule has 2 aliphatic rings. The van der Waals surface area contributed by atoms with Crippen LogP contribution in [0.1, 0.15) is 43.0 Å². The van der Waals surface area contributed by atoms with Crippen LogP contribution in [-0.2, 0) is 0 Å². The number of nitrogens with zero attached hydrogens (tertiary/aromatic N) is 2. The lowest BCUT2D eigenvalue weighted by Crippen LogP contribution is -2.24. The quantitative estimate of drug-likeness (QED) is 0.862. The van der Waals surface area contributed by atoms with Crippen LogP contribution < -0.4 is 5.32 Å². The summed E-state index contributed by atoms with van der Waals surface area (Å²) in [7, 11) is 0. The highest BCUT2D eigenvalue weighted by molar-refractivity contribution is 7.15. The van der Waals surface area contributed by atoms with Gasteiger partial charge in [0.15, 0.2) is 0 Å². The Morgan fingerprint density at radius 1 is 1.20 bits per heavy atom. The molecule has 1 aromatic heterocycles. The van der Waals surface area contributed by atoms with Gasteiger partial charge in [0.25, 0.3) is 0 Å². The van der Waals surface area contributed by atoms with Crippen LogP contribution in [0.5, 0.6) is 0 Å². The molecule has 0 bridgehead atoms. The van der Waals surface area contributed by atoms with Crippen molar-refractivity contribution in [1.29, 1.82) is 0 Å². The second-order valence-corrected chi connectivity index (χ2v) is 5.43. The smallest absolute Gasteiger partial charge is 0.206 e. The van der Waals surface area contributed by atoms with Crippen LogP contribution in [0.4, 0.5) is 9.52 Å². The molecule has 82 valence electrons. The first-order valence-electron chi connectivity index (χ1n) is 5.57. The maximum atomic E-state index is 13.3. The molecule has 0 amide bonds. The highest BCUT2D eigenvalue weighted by atomic mass is 32.1. The molecule has 15 heavy (non-hydrogen) atoms. The Labute approximate surface area is 92.1 Å². The second-order valence-electron chi connectivity index (χ2n) is 4.42. The van der Waals surface area contributed by atoms with Crippen molar-refractivity contribution in [2.75, 3.05) is 5.32 Å². The minimum atomic E-state index is -0.710. The third-order valence-corrected chi connectivity index (χ3v) is 4.12. The van der Waals surface area contributed by atoms with Gasteiger partial charge in [0.05, 0.1) is 6.04 Å². The molecule has 0 spiro atoms. The minimum absolute atomic E-state index is 0.0370. The number of halogens is 1. The molecule has 3 nitrogen and oxygen atoms in total. The number of aromatic nitrogens is 2. The Balaban J connectivity index is 1.65. The van der Waals surface area contributed by atoms with Crippen LogP contribution in [0.2, 0.25) is 0 Å². The highest BCUT2D eigenvalue weighted by Gasteiger charge is 2.30. The molecular formula is C10H14FN3S. The molecule has 0 radical (unpaired) electrons. The van der Waals surface area contributed by atoms with Crippen LogP contribution in [0.15, 0.2) is 0 Å². The van der Waals surface area contributed by atoms with Crippen LogP contribution in [-0.4, -0.2) is 22.4 Å². The van der Waals surface area contributed by atoms with Gasteiger partial charge in [-0.2, -0.15) is 0 Å². The van der Waals surface area contributed by atoms with Crippen molar-refractivity contribution in [1.82, 2.24) is 10.2 Å². The van der Waals surface area contributed by atoms with Crippen molar-refractivity contribution >= 4 is 16.5 Å². The summed E-state index contributed by atoms with van der Waals surface area (Å²) in [6.07, 6.45) is 4.35. The maximum absolute atomic E-state index is 13.3. The third kappa shape index (κ3) is 1.97. The fourth-order valence-corrected chi connectivity index (χ4v) is 3.00. The van der Waals surface area contributed by atoms with E-state index in [1.807, 2.05) is 0 Å². The topological polar surface area (TPSA) is 37.8 Å². The first kappa shape index (κ1) is 9.51. The summed E-state index contributed by atoms with van der Waals surface area (Å²) in [5.74, 6) is 0.641. The Morgan fingerprint density at radius 3 is 2.73 bits per heavy atom. The van der Waals surface area contributed by atoms with Gasteiger partial charge in [-0.25, -0.2) is 4.39 Å². The lowest BCUT2D eigenvalue weighted by atomic mass is 10.2. The fourth-order valence-electron chi connectivity index (χ4n) is 2.02. The molecule has 0 saturated heterocycles. The predicted octanol–water partition coefficient (Wildman–Crippen LogP) is 2.72. The molecule has 2 atom stereocenters. The summed E-state index contributed by atoms with van der Waals surface area (Å²) >= 11 is 1.59. The van der Waals surface area contributed by atoms with E-state index in [2.05, 4.69) is 15.5 Å². The van der Waals surface area contributed by atoms with E-state index in [0.29, 0.717) is 12.3 Å². The summed E-state index contributed by atoms with van der Waals surface area (Å²) < 4.78 is 13.3. The molecule has 1 N–H and O–H groups in total. The van der Waals surface area contributed by atoms with Gasteiger partial charge < -0.3 is 5.32 Å². The minimum Gasteiger partial charge on any atom is -0.354 e. The van der Waals surface area contributed by atoms with E-state index in [-0.39, 0.29) is 6.04 Å². The third-order valence-electron chi connectivity index (χ3n) is 3.11. The summed E-state index contributed by atoms with van der Waals surface area (Å²) in [6.45, 7) is 0. The van der Waals surface area contributed by atoms with E-state index < -0.39 is 6.17 Å². The molecule has 0 aromatic carbocycles. The van der Waals surface area contributed by atoms with Crippen molar-refractivity contribution in [3.05, 3.63) is 5.01 Å². The van der Waals surface area contributed by atoms with Crippen molar-refractivity contribution in [3.63, 3.8) is 0 Å². The summed E-state index contributed by atoms with van der Waals surface area (Å²) in [4.78, 5) is 0. The van der Waals surface area contributed by atoms with Crippen molar-refractivity contribution in [2.45, 2.75) is 50.2 Å². The van der Waals surface area contributed by atoms with E-state index in [0.717, 1.165) is 23.0 Å². The van der Waals surface area contributed by atoms with Gasteiger partial charge >= 0.3 is 0 Å². The zero-order valence-electron chi connectivity index (χ0n) is 8.45. The number of alkyl halides is 1. The zero-order chi connectivity index (χ0) is 10.3. The molecule has 2 unspecified atom stereocenters. The fraction of sp³-hybridized carbons (Fsp3) is 0.800. The average molecular weight is 227 g/mol. The Morgan fingerprint density at radius 2 is 2.07 bits per heavy atom. The predicted molar refractivity (Wildman–Crippen MR) is 58.0 cm³/mol. The highest BCUT2D eigenvalue weighted by Crippen LogP contribution is 2.42. The van der Waals surface area contributed by atoms with Gasteiger partial charge in [0.1, 0.15) is 11.2 Å². The number of hydrogen-bond acceptors (Lipinski definition) is 4. The first-order valence-corrected chi connectivity index (χ1v) is 6.38. The normalized spacial score (nSPS) is 30.7. The number of hydrogen-bond donors (Lipinski definition) is 1. The number of rotatable bonds is 3. The average Bonchev–Trinajstić information content (AvgIpc) is 2.86. The Kier molecular flexibility index (Phi) is 2.35. The summed E-state index contributed by atoms with van der Waals surface area (Å²) in [5.41, 5.74) is 0. The SMILES string of the molecule is FC1CCCC1Nc1nnc(C2CC2)s1. The largest absolute Gasteiger partial charge is 0.354 e. The standard InChI is InChI=1S/C10H14FN3S/c11-7-2-1-3-8(7)12-10-14-13-9(15-10)6-4-5-6/h6-8H,1-5H2,(H,12,14). The van der Waals surface area contributed by atoms with Crippen LogP contribution in [0.25, 0.3) is 0 Å². The zero-order valence-corrected chi connectivity index (χ0v) is 9.26. The van der Waals surface area contributed by atoms with Gasteiger partial charge in [-0.05, 0) is 32.1 Å². The lowest BCUT2D eigenvalue weighted by Gasteiger charge is -2.12. The van der Waals surface area contributed by atoms with Gasteiger partial charge in [0.2, 0.25) is 5.13 Å². The van der Waals surface area contributed by atoms with Crippen LogP contribution >= 0.6 is 11.3 Å². The van der Waals surface area contributed by atoms with E-state index in [9.17, 15) is 4.39 Å². The monoisotopic (exact) mass is 227 g/mol. The molecule has 0 aliphatic heterocycles. The first-order chi connectivity index (χ1) is 7.33. The summed E-state index contributed by atoms with van der Waals surface area (Å²) in [5, 5.41) is 13.3. The molecule has 1 heterocycles. The molecule has 1 aromatic rings. The molecule has 2 aliphatic carbocycles. The molecule has 2 fully saturated rings. The van der Waals surface area contributed by atoms with Crippen LogP contribution in [0.3, 0.4) is 0 Å². The van der Waals surface area contributed by atoms with Crippen molar-refractivity contribution in [2.24, 2.45) is 0 Å². The van der Waals surface area contributed by atoms with Crippen molar-refractivity contribution in [3.8, 4) is 0 Å². The van der Waals surface area contributed by atoms with E-state index in [4.69, 9.17) is 0 Å². The van der Waals surface area contributed by atoms with E-state index >= 15 is 0 Å². The number of anilines is 1. The van der Waals surface area contributed by atoms with Gasteiger partial charge in [-0.1, -0.05) is 11.3 Å². The second kappa shape index (κ2) is 3.70. The van der Waals surface area contributed by atoms with E-state index in [1.54, 1.807) is 11.3 Å². The van der Waals surface area contributed by atoms with Gasteiger partial charge in [0, 0.05) is 5.92 Å². The molecular weight excluding hydrogens is 213 g/mol. The van der Waals surface area contributed by atoms with Gasteiger partial charge in [-0.3, -0.25) is 0 Å². The Bertz CT molecular complexity index is 350. The molecule has 5 heteroatoms. The molecule has 3 rings (SSSR count). The number of nitrogens with one attached hydrogen (secondary N) is 1. The Hall–Kier alpha value is -0.710. The van der Waals surface area contributed by atoms with Crippen molar-refractivity contribution < 1.29 is 4.39 Å². The van der Waals surface area contributed by atoms with Gasteiger partial charge in [-0.15, -0.1) is 10.2 Å². The van der Waals surface area contributed by atoms with Crippen LogP contribution in [0, 0.1) is 0 Å². The maximum Gasteiger partial charge on any atom is 0.206 e. The lowest BCUT2D eigenvalue weighted by molar-refractivity contribution is 0.323. The summed E-state index contributed by atoms with van der Waals surface area (Å²) in [6, 6.07) is -0.0370.